The highest BCUT2D eigenvalue weighted by atomic mass is 32.2. The zero-order valence-electron chi connectivity index (χ0n) is 15.9. The lowest BCUT2D eigenvalue weighted by molar-refractivity contribution is 0.0368. The number of ether oxygens (including phenoxy) is 2. The van der Waals surface area contributed by atoms with Gasteiger partial charge in [-0.05, 0) is 44.0 Å². The molecule has 1 atom stereocenters. The summed E-state index contributed by atoms with van der Waals surface area (Å²) in [6, 6.07) is 5.46. The minimum Gasteiger partial charge on any atom is -0.496 e. The summed E-state index contributed by atoms with van der Waals surface area (Å²) in [5.41, 5.74) is 0.858. The van der Waals surface area contributed by atoms with Crippen LogP contribution in [0.15, 0.2) is 35.1 Å². The molecule has 9 nitrogen and oxygen atoms in total. The lowest BCUT2D eigenvalue weighted by Crippen LogP contribution is -2.29. The van der Waals surface area contributed by atoms with Crippen LogP contribution in [0.4, 0.5) is 5.82 Å². The summed E-state index contributed by atoms with van der Waals surface area (Å²) in [6.45, 7) is 4.41. The Morgan fingerprint density at radius 3 is 2.86 bits per heavy atom. The van der Waals surface area contributed by atoms with Crippen LogP contribution in [0.5, 0.6) is 5.75 Å². The fraction of sp³-hybridized carbons (Fsp3) is 0.444. The van der Waals surface area contributed by atoms with Crippen molar-refractivity contribution in [2.75, 3.05) is 18.4 Å². The molecule has 0 spiro atoms. The molecule has 2 aromatic heterocycles. The van der Waals surface area contributed by atoms with Gasteiger partial charge in [0.05, 0.1) is 25.9 Å². The molecule has 4 rings (SSSR count). The van der Waals surface area contributed by atoms with Crippen LogP contribution in [0.3, 0.4) is 0 Å². The number of nitrogens with zero attached hydrogens (tertiary/aromatic N) is 3. The smallest absolute Gasteiger partial charge is 0.239 e. The van der Waals surface area contributed by atoms with Crippen LogP contribution in [-0.2, 0) is 21.3 Å². The average molecular weight is 406 g/mol. The van der Waals surface area contributed by atoms with Crippen LogP contribution < -0.4 is 9.46 Å². The van der Waals surface area contributed by atoms with E-state index in [0.717, 1.165) is 5.56 Å². The minimum atomic E-state index is -3.69. The Kier molecular flexibility index (Phi) is 4.54. The van der Waals surface area contributed by atoms with Crippen molar-refractivity contribution in [1.29, 1.82) is 0 Å². The van der Waals surface area contributed by atoms with Gasteiger partial charge in [-0.15, -0.1) is 0 Å². The van der Waals surface area contributed by atoms with E-state index < -0.39 is 20.9 Å². The molecule has 1 N–H and O–H groups in total. The van der Waals surface area contributed by atoms with E-state index in [1.165, 1.54) is 7.11 Å². The van der Waals surface area contributed by atoms with Gasteiger partial charge in [0.1, 0.15) is 16.4 Å². The number of benzene rings is 1. The van der Waals surface area contributed by atoms with Crippen molar-refractivity contribution in [2.45, 2.75) is 37.7 Å². The van der Waals surface area contributed by atoms with E-state index in [1.807, 2.05) is 32.2 Å². The number of hydrogen-bond acceptors (Lipinski definition) is 7. The molecule has 1 aliphatic rings. The van der Waals surface area contributed by atoms with Gasteiger partial charge in [-0.3, -0.25) is 9.40 Å². The highest BCUT2D eigenvalue weighted by Gasteiger charge is 2.40. The third-order valence-corrected chi connectivity index (χ3v) is 6.44. The van der Waals surface area contributed by atoms with Crippen molar-refractivity contribution in [2.24, 2.45) is 0 Å². The molecule has 0 radical (unpaired) electrons. The van der Waals surface area contributed by atoms with Gasteiger partial charge in [0.25, 0.3) is 0 Å². The van der Waals surface area contributed by atoms with Crippen molar-refractivity contribution in [3.05, 3.63) is 36.2 Å². The Bertz CT molecular complexity index is 1090. The van der Waals surface area contributed by atoms with E-state index >= 15 is 0 Å². The zero-order chi connectivity index (χ0) is 19.9. The molecule has 1 saturated heterocycles. The fourth-order valence-corrected chi connectivity index (χ4v) is 4.84. The number of sulfonamides is 1. The molecule has 0 amide bonds. The third-order valence-electron chi connectivity index (χ3n) is 4.78. The quantitative estimate of drug-likeness (QED) is 0.669. The first kappa shape index (κ1) is 18.8. The molecule has 3 aromatic rings. The standard InChI is InChI=1S/C18H22N4O5S/c1-18(2)9-13(11-26-18)28(23,24)21-17-16-14(25-3)7-12(8-15(16)27-20-17)10-22-6-4-5-19-22/h4-8,13H,9-11H2,1-3H3,(H,20,21). The first-order valence-corrected chi connectivity index (χ1v) is 10.4. The number of nitrogens with one attached hydrogen (secondary N) is 1. The molecule has 0 saturated carbocycles. The van der Waals surface area contributed by atoms with Crippen molar-refractivity contribution >= 4 is 26.8 Å². The molecule has 150 valence electrons. The van der Waals surface area contributed by atoms with Gasteiger partial charge in [-0.25, -0.2) is 8.42 Å². The summed E-state index contributed by atoms with van der Waals surface area (Å²) < 4.78 is 46.3. The Morgan fingerprint density at radius 2 is 2.21 bits per heavy atom. The maximum atomic E-state index is 12.8. The maximum Gasteiger partial charge on any atom is 0.239 e. The van der Waals surface area contributed by atoms with E-state index in [0.29, 0.717) is 29.7 Å². The second kappa shape index (κ2) is 6.78. The lowest BCUT2D eigenvalue weighted by Gasteiger charge is -2.16. The third kappa shape index (κ3) is 3.57. The van der Waals surface area contributed by atoms with Gasteiger partial charge in [-0.1, -0.05) is 5.16 Å². The molecular weight excluding hydrogens is 384 g/mol. The van der Waals surface area contributed by atoms with Gasteiger partial charge < -0.3 is 14.0 Å². The van der Waals surface area contributed by atoms with Gasteiger partial charge in [0.15, 0.2) is 11.4 Å². The Morgan fingerprint density at radius 1 is 1.39 bits per heavy atom. The zero-order valence-corrected chi connectivity index (χ0v) is 16.7. The lowest BCUT2D eigenvalue weighted by atomic mass is 10.1. The average Bonchev–Trinajstić information content (AvgIpc) is 3.35. The van der Waals surface area contributed by atoms with Crippen molar-refractivity contribution in [3.63, 3.8) is 0 Å². The van der Waals surface area contributed by atoms with E-state index in [9.17, 15) is 8.42 Å². The second-order valence-corrected chi connectivity index (χ2v) is 9.41. The summed E-state index contributed by atoms with van der Waals surface area (Å²) in [5.74, 6) is 0.587. The SMILES string of the molecule is COc1cc(Cn2cccn2)cc2onc(NS(=O)(=O)C3COC(C)(C)C3)c12. The number of aromatic nitrogens is 3. The van der Waals surface area contributed by atoms with E-state index in [2.05, 4.69) is 15.0 Å². The van der Waals surface area contributed by atoms with Crippen LogP contribution in [0.1, 0.15) is 25.8 Å². The van der Waals surface area contributed by atoms with Gasteiger partial charge in [-0.2, -0.15) is 5.10 Å². The Labute approximate surface area is 162 Å². The summed E-state index contributed by atoms with van der Waals surface area (Å²) in [4.78, 5) is 0. The molecule has 1 fully saturated rings. The highest BCUT2D eigenvalue weighted by Crippen LogP contribution is 2.36. The monoisotopic (exact) mass is 406 g/mol. The van der Waals surface area contributed by atoms with Gasteiger partial charge in [0.2, 0.25) is 10.0 Å². The van der Waals surface area contributed by atoms with Crippen LogP contribution in [-0.4, -0.2) is 47.9 Å². The first-order chi connectivity index (χ1) is 13.3. The molecular formula is C18H22N4O5S. The second-order valence-electron chi connectivity index (χ2n) is 7.45. The van der Waals surface area contributed by atoms with Crippen LogP contribution in [0.25, 0.3) is 11.0 Å². The van der Waals surface area contributed by atoms with Gasteiger partial charge in [0, 0.05) is 12.4 Å². The predicted octanol–water partition coefficient (Wildman–Crippen LogP) is 2.39. The molecule has 0 bridgehead atoms. The highest BCUT2D eigenvalue weighted by molar-refractivity contribution is 7.93. The Balaban J connectivity index is 1.65. The fourth-order valence-electron chi connectivity index (χ4n) is 3.40. The minimum absolute atomic E-state index is 0.113. The van der Waals surface area contributed by atoms with Crippen LogP contribution >= 0.6 is 0 Å². The van der Waals surface area contributed by atoms with Crippen molar-refractivity contribution in [1.82, 2.24) is 14.9 Å². The topological polar surface area (TPSA) is 108 Å². The Hall–Kier alpha value is -2.59. The molecule has 1 aliphatic heterocycles. The molecule has 1 aromatic carbocycles. The number of hydrogen-bond donors (Lipinski definition) is 1. The molecule has 10 heteroatoms. The molecule has 3 heterocycles. The summed E-state index contributed by atoms with van der Waals surface area (Å²) in [5, 5.41) is 7.94. The van der Waals surface area contributed by atoms with E-state index in [-0.39, 0.29) is 12.4 Å². The van der Waals surface area contributed by atoms with E-state index in [4.69, 9.17) is 14.0 Å². The molecule has 1 unspecified atom stereocenters. The van der Waals surface area contributed by atoms with Crippen LogP contribution in [0, 0.1) is 0 Å². The maximum absolute atomic E-state index is 12.8. The first-order valence-electron chi connectivity index (χ1n) is 8.87. The van der Waals surface area contributed by atoms with Crippen molar-refractivity contribution in [3.8, 4) is 5.75 Å². The summed E-state index contributed by atoms with van der Waals surface area (Å²) in [6.07, 6.45) is 3.95. The van der Waals surface area contributed by atoms with Gasteiger partial charge >= 0.3 is 0 Å². The number of anilines is 1. The van der Waals surface area contributed by atoms with E-state index in [1.54, 1.807) is 16.9 Å². The molecule has 0 aliphatic carbocycles. The summed E-state index contributed by atoms with van der Waals surface area (Å²) in [7, 11) is -2.17. The van der Waals surface area contributed by atoms with Crippen molar-refractivity contribution < 1.29 is 22.4 Å². The molecule has 28 heavy (non-hydrogen) atoms. The normalized spacial score (nSPS) is 19.2. The number of methoxy groups -OCH3 is 1. The van der Waals surface area contributed by atoms with Crippen LogP contribution in [0.2, 0.25) is 0 Å². The summed E-state index contributed by atoms with van der Waals surface area (Å²) >= 11 is 0. The largest absolute Gasteiger partial charge is 0.496 e. The number of fused-ring (bicyclic) bond motifs is 1. The number of rotatable bonds is 6. The predicted molar refractivity (Wildman–Crippen MR) is 103 cm³/mol.